The van der Waals surface area contributed by atoms with Crippen molar-refractivity contribution in [3.05, 3.63) is 52.0 Å². The molecule has 0 spiro atoms. The highest BCUT2D eigenvalue weighted by atomic mass is 35.5. The van der Waals surface area contributed by atoms with Gasteiger partial charge in [0.2, 0.25) is 10.0 Å². The number of aryl methyl sites for hydroxylation is 1. The van der Waals surface area contributed by atoms with Crippen LogP contribution in [0.15, 0.2) is 41.3 Å². The maximum atomic E-state index is 12.7. The summed E-state index contributed by atoms with van der Waals surface area (Å²) in [5.74, 6) is -0.243. The minimum atomic E-state index is -3.63. The predicted octanol–water partition coefficient (Wildman–Crippen LogP) is 4.35. The van der Waals surface area contributed by atoms with E-state index in [0.29, 0.717) is 28.8 Å². The number of carbonyl (C=O) groups excluding carboxylic acids is 1. The van der Waals surface area contributed by atoms with E-state index in [0.717, 1.165) is 5.56 Å². The van der Waals surface area contributed by atoms with Gasteiger partial charge in [-0.3, -0.25) is 4.79 Å². The Morgan fingerprint density at radius 1 is 1.11 bits per heavy atom. The van der Waals surface area contributed by atoms with Gasteiger partial charge in [0, 0.05) is 18.8 Å². The molecule has 0 aliphatic carbocycles. The Hall–Kier alpha value is -1.80. The van der Waals surface area contributed by atoms with Crippen molar-refractivity contribution < 1.29 is 17.9 Å². The molecule has 0 fully saturated rings. The summed E-state index contributed by atoms with van der Waals surface area (Å²) < 4.78 is 32.1. The highest BCUT2D eigenvalue weighted by Gasteiger charge is 2.22. The second kappa shape index (κ2) is 9.60. The van der Waals surface area contributed by atoms with Crippen LogP contribution in [0, 0.1) is 6.92 Å². The summed E-state index contributed by atoms with van der Waals surface area (Å²) in [7, 11) is -3.63. The number of anilines is 1. The highest BCUT2D eigenvalue weighted by Crippen LogP contribution is 2.32. The number of nitrogens with one attached hydrogen (secondary N) is 1. The van der Waals surface area contributed by atoms with Gasteiger partial charge >= 0.3 is 0 Å². The average molecular weight is 445 g/mol. The van der Waals surface area contributed by atoms with Crippen LogP contribution in [0.4, 0.5) is 5.69 Å². The van der Waals surface area contributed by atoms with Gasteiger partial charge in [0.05, 0.1) is 14.9 Å². The van der Waals surface area contributed by atoms with Crippen molar-refractivity contribution in [2.45, 2.75) is 25.7 Å². The Kier molecular flexibility index (Phi) is 7.71. The van der Waals surface area contributed by atoms with Gasteiger partial charge in [-0.25, -0.2) is 8.42 Å². The average Bonchev–Trinajstić information content (AvgIpc) is 2.63. The first-order chi connectivity index (χ1) is 13.2. The van der Waals surface area contributed by atoms with Gasteiger partial charge in [-0.2, -0.15) is 4.31 Å². The Balaban J connectivity index is 2.16. The SMILES string of the molecule is CCN(CC)S(=O)(=O)c1ccc(C)c(NC(=O)COc2c(Cl)cccc2Cl)c1. The molecule has 0 bridgehead atoms. The molecule has 2 aromatic carbocycles. The van der Waals surface area contributed by atoms with Gasteiger partial charge in [0.1, 0.15) is 0 Å². The molecule has 2 rings (SSSR count). The van der Waals surface area contributed by atoms with Crippen molar-refractivity contribution in [2.24, 2.45) is 0 Å². The number of ether oxygens (including phenoxy) is 1. The van der Waals surface area contributed by atoms with Crippen molar-refractivity contribution in [3.8, 4) is 5.75 Å². The summed E-state index contributed by atoms with van der Waals surface area (Å²) >= 11 is 12.0. The summed E-state index contributed by atoms with van der Waals surface area (Å²) in [5.41, 5.74) is 1.12. The largest absolute Gasteiger partial charge is 0.481 e. The molecule has 0 radical (unpaired) electrons. The maximum Gasteiger partial charge on any atom is 0.262 e. The third-order valence-corrected chi connectivity index (χ3v) is 6.73. The van der Waals surface area contributed by atoms with E-state index in [1.807, 2.05) is 0 Å². The fourth-order valence-corrected chi connectivity index (χ4v) is 4.54. The minimum absolute atomic E-state index is 0.118. The topological polar surface area (TPSA) is 75.7 Å². The van der Waals surface area contributed by atoms with Crippen molar-refractivity contribution in [3.63, 3.8) is 0 Å². The lowest BCUT2D eigenvalue weighted by Crippen LogP contribution is -2.30. The second-order valence-corrected chi connectivity index (χ2v) is 8.71. The Bertz CT molecular complexity index is 940. The van der Waals surface area contributed by atoms with Crippen LogP contribution < -0.4 is 10.1 Å². The number of halogens is 2. The number of sulfonamides is 1. The van der Waals surface area contributed by atoms with Gasteiger partial charge in [0.15, 0.2) is 12.4 Å². The molecule has 0 saturated heterocycles. The molecule has 0 atom stereocenters. The normalized spacial score (nSPS) is 11.5. The van der Waals surface area contributed by atoms with E-state index >= 15 is 0 Å². The fraction of sp³-hybridized carbons (Fsp3) is 0.316. The van der Waals surface area contributed by atoms with Crippen LogP contribution in [0.5, 0.6) is 5.75 Å². The van der Waals surface area contributed by atoms with E-state index in [4.69, 9.17) is 27.9 Å². The number of rotatable bonds is 8. The van der Waals surface area contributed by atoms with Crippen molar-refractivity contribution in [1.82, 2.24) is 4.31 Å². The predicted molar refractivity (Wildman–Crippen MR) is 112 cm³/mol. The molecule has 0 saturated carbocycles. The van der Waals surface area contributed by atoms with Crippen LogP contribution in [0.3, 0.4) is 0 Å². The molecule has 1 N–H and O–H groups in total. The number of amides is 1. The second-order valence-electron chi connectivity index (χ2n) is 5.95. The quantitative estimate of drug-likeness (QED) is 0.656. The van der Waals surface area contributed by atoms with Gasteiger partial charge in [-0.05, 0) is 36.8 Å². The van der Waals surface area contributed by atoms with E-state index in [1.165, 1.54) is 16.4 Å². The van der Waals surface area contributed by atoms with E-state index in [2.05, 4.69) is 5.32 Å². The molecule has 1 amide bonds. The van der Waals surface area contributed by atoms with Crippen LogP contribution >= 0.6 is 23.2 Å². The van der Waals surface area contributed by atoms with Crippen molar-refractivity contribution in [1.29, 1.82) is 0 Å². The number of carbonyl (C=O) groups is 1. The van der Waals surface area contributed by atoms with E-state index in [1.54, 1.807) is 45.0 Å². The zero-order valence-corrected chi connectivity index (χ0v) is 18.2. The van der Waals surface area contributed by atoms with E-state index < -0.39 is 15.9 Å². The lowest BCUT2D eigenvalue weighted by molar-refractivity contribution is -0.118. The summed E-state index contributed by atoms with van der Waals surface area (Å²) in [5, 5.41) is 3.26. The molecule has 0 unspecified atom stereocenters. The highest BCUT2D eigenvalue weighted by molar-refractivity contribution is 7.89. The molecule has 0 aliphatic rings. The Morgan fingerprint density at radius 3 is 2.29 bits per heavy atom. The zero-order chi connectivity index (χ0) is 20.9. The molecule has 0 aromatic heterocycles. The van der Waals surface area contributed by atoms with Crippen LogP contribution in [0.1, 0.15) is 19.4 Å². The first kappa shape index (κ1) is 22.5. The lowest BCUT2D eigenvalue weighted by atomic mass is 10.2. The smallest absolute Gasteiger partial charge is 0.262 e. The summed E-state index contributed by atoms with van der Waals surface area (Å²) in [6.45, 7) is 5.72. The minimum Gasteiger partial charge on any atom is -0.481 e. The van der Waals surface area contributed by atoms with E-state index in [9.17, 15) is 13.2 Å². The van der Waals surface area contributed by atoms with Crippen LogP contribution in [-0.4, -0.2) is 38.3 Å². The Labute approximate surface area is 175 Å². The van der Waals surface area contributed by atoms with Crippen molar-refractivity contribution >= 4 is 44.8 Å². The summed E-state index contributed by atoms with van der Waals surface area (Å²) in [6, 6.07) is 9.50. The first-order valence-electron chi connectivity index (χ1n) is 8.68. The number of para-hydroxylation sites is 1. The molecule has 9 heteroatoms. The molecule has 0 aliphatic heterocycles. The third kappa shape index (κ3) is 5.17. The van der Waals surface area contributed by atoms with Crippen LogP contribution in [0.25, 0.3) is 0 Å². The number of benzene rings is 2. The molecule has 2 aromatic rings. The summed E-state index contributed by atoms with van der Waals surface area (Å²) in [6.07, 6.45) is 0. The fourth-order valence-electron chi connectivity index (χ4n) is 2.55. The number of hydrogen-bond donors (Lipinski definition) is 1. The molecular weight excluding hydrogens is 423 g/mol. The molecule has 6 nitrogen and oxygen atoms in total. The zero-order valence-electron chi connectivity index (χ0n) is 15.8. The van der Waals surface area contributed by atoms with Gasteiger partial charge in [0.25, 0.3) is 5.91 Å². The van der Waals surface area contributed by atoms with Crippen LogP contribution in [-0.2, 0) is 14.8 Å². The van der Waals surface area contributed by atoms with E-state index in [-0.39, 0.29) is 17.3 Å². The van der Waals surface area contributed by atoms with Gasteiger partial charge in [-0.1, -0.05) is 49.2 Å². The van der Waals surface area contributed by atoms with Gasteiger partial charge in [-0.15, -0.1) is 0 Å². The number of nitrogens with zero attached hydrogens (tertiary/aromatic N) is 1. The van der Waals surface area contributed by atoms with Gasteiger partial charge < -0.3 is 10.1 Å². The molecular formula is C19H22Cl2N2O4S. The monoisotopic (exact) mass is 444 g/mol. The molecule has 28 heavy (non-hydrogen) atoms. The molecule has 152 valence electrons. The Morgan fingerprint density at radius 2 is 1.71 bits per heavy atom. The molecule has 0 heterocycles. The number of hydrogen-bond acceptors (Lipinski definition) is 4. The lowest BCUT2D eigenvalue weighted by Gasteiger charge is -2.19. The third-order valence-electron chi connectivity index (χ3n) is 4.09. The maximum absolute atomic E-state index is 12.7. The summed E-state index contributed by atoms with van der Waals surface area (Å²) in [4.78, 5) is 12.4. The standard InChI is InChI=1S/C19H22Cl2N2O4S/c1-4-23(5-2)28(25,26)14-10-9-13(3)17(11-14)22-18(24)12-27-19-15(20)7-6-8-16(19)21/h6-11H,4-5,12H2,1-3H3,(H,22,24). The van der Waals surface area contributed by atoms with Crippen molar-refractivity contribution in [2.75, 3.05) is 25.0 Å². The van der Waals surface area contributed by atoms with Crippen LogP contribution in [0.2, 0.25) is 10.0 Å². The first-order valence-corrected chi connectivity index (χ1v) is 10.9.